The van der Waals surface area contributed by atoms with Gasteiger partial charge in [-0.3, -0.25) is 33.6 Å². The van der Waals surface area contributed by atoms with Crippen molar-refractivity contribution in [1.29, 1.82) is 0 Å². The minimum atomic E-state index is -1.58. The number of likely N-dealkylation sites (tertiary alicyclic amines) is 2. The lowest BCUT2D eigenvalue weighted by atomic mass is 10.0. The van der Waals surface area contributed by atoms with E-state index in [0.717, 1.165) is 0 Å². The van der Waals surface area contributed by atoms with Crippen LogP contribution >= 0.6 is 0 Å². The van der Waals surface area contributed by atoms with Gasteiger partial charge in [0.2, 0.25) is 41.4 Å². The minimum absolute atomic E-state index is 0.0305. The summed E-state index contributed by atoms with van der Waals surface area (Å²) < 4.78 is 0. The molecule has 55 heavy (non-hydrogen) atoms. The minimum Gasteiger partial charge on any atom is -0.480 e. The van der Waals surface area contributed by atoms with Gasteiger partial charge in [0.25, 0.3) is 0 Å². The maximum atomic E-state index is 14.4. The van der Waals surface area contributed by atoms with Crippen LogP contribution in [0.3, 0.4) is 0 Å². The third-order valence-electron chi connectivity index (χ3n) is 9.31. The van der Waals surface area contributed by atoms with Crippen LogP contribution < -0.4 is 32.3 Å². The lowest BCUT2D eigenvalue weighted by molar-refractivity contribution is -0.149. The number of rotatable bonds is 18. The van der Waals surface area contributed by atoms with Crippen LogP contribution in [0.25, 0.3) is 0 Å². The molecular formula is C35H48N10O10. The number of carbonyl (C=O) groups is 8. The number of carboxylic acids is 1. The number of aromatic amines is 1. The van der Waals surface area contributed by atoms with Crippen LogP contribution in [0.4, 0.5) is 0 Å². The number of aliphatic hydroxyl groups is 1. The maximum Gasteiger partial charge on any atom is 0.328 e. The zero-order valence-electron chi connectivity index (χ0n) is 30.4. The summed E-state index contributed by atoms with van der Waals surface area (Å²) in [5.74, 6) is -5.91. The van der Waals surface area contributed by atoms with E-state index in [2.05, 4.69) is 36.6 Å². The lowest BCUT2D eigenvalue weighted by Gasteiger charge is -2.33. The van der Waals surface area contributed by atoms with Crippen LogP contribution in [0, 0.1) is 0 Å². The van der Waals surface area contributed by atoms with Crippen LogP contribution in [0.1, 0.15) is 43.9 Å². The quantitative estimate of drug-likeness (QED) is 0.0708. The largest absolute Gasteiger partial charge is 0.480 e. The van der Waals surface area contributed by atoms with Crippen molar-refractivity contribution in [2.75, 3.05) is 32.7 Å². The summed E-state index contributed by atoms with van der Waals surface area (Å²) in [5, 5.41) is 31.6. The van der Waals surface area contributed by atoms with Gasteiger partial charge in [-0.1, -0.05) is 30.3 Å². The Morgan fingerprint density at radius 1 is 0.855 bits per heavy atom. The number of nitrogens with one attached hydrogen (secondary N) is 6. The first-order valence-corrected chi connectivity index (χ1v) is 18.0. The Kier molecular flexibility index (Phi) is 15.2. The molecule has 20 nitrogen and oxygen atoms in total. The van der Waals surface area contributed by atoms with Crippen LogP contribution in [-0.2, 0) is 51.2 Å². The summed E-state index contributed by atoms with van der Waals surface area (Å²) in [6.07, 6.45) is 2.89. The second-order valence-electron chi connectivity index (χ2n) is 13.4. The number of aliphatic carboxylic acids is 1. The molecule has 1 aromatic carbocycles. The van der Waals surface area contributed by atoms with E-state index in [1.54, 1.807) is 30.3 Å². The zero-order valence-corrected chi connectivity index (χ0v) is 30.4. The number of hydrogen-bond acceptors (Lipinski definition) is 11. The predicted octanol–water partition coefficient (Wildman–Crippen LogP) is -3.71. The summed E-state index contributed by atoms with van der Waals surface area (Å²) in [6, 6.07) is 2.86. The summed E-state index contributed by atoms with van der Waals surface area (Å²) in [4.78, 5) is 113. The first-order chi connectivity index (χ1) is 26.3. The number of aliphatic hydroxyl groups excluding tert-OH is 1. The first-order valence-electron chi connectivity index (χ1n) is 18.0. The third-order valence-corrected chi connectivity index (χ3v) is 9.31. The topological polar surface area (TPSA) is 298 Å². The second kappa shape index (κ2) is 20.0. The Hall–Kier alpha value is -5.89. The van der Waals surface area contributed by atoms with E-state index in [1.807, 2.05) is 0 Å². The molecule has 10 N–H and O–H groups in total. The molecule has 7 amide bonds. The number of nitrogens with two attached hydrogens (primary N) is 1. The number of amides is 7. The van der Waals surface area contributed by atoms with E-state index < -0.39 is 96.7 Å². The van der Waals surface area contributed by atoms with Gasteiger partial charge in [-0.05, 0) is 38.2 Å². The number of carboxylic acid groups (broad SMARTS) is 1. The molecule has 3 heterocycles. The fourth-order valence-electron chi connectivity index (χ4n) is 6.51. The fourth-order valence-corrected chi connectivity index (χ4v) is 6.51. The molecule has 0 unspecified atom stereocenters. The highest BCUT2D eigenvalue weighted by Gasteiger charge is 2.44. The lowest BCUT2D eigenvalue weighted by Crippen LogP contribution is -2.59. The molecule has 20 heteroatoms. The van der Waals surface area contributed by atoms with Crippen molar-refractivity contribution in [3.8, 4) is 0 Å². The van der Waals surface area contributed by atoms with E-state index in [4.69, 9.17) is 5.73 Å². The molecule has 1 aromatic heterocycles. The normalized spacial score (nSPS) is 18.7. The molecule has 0 aliphatic carbocycles. The monoisotopic (exact) mass is 768 g/mol. The number of H-pyrrole nitrogens is 1. The number of benzene rings is 1. The van der Waals surface area contributed by atoms with Crippen molar-refractivity contribution < 1.29 is 48.6 Å². The van der Waals surface area contributed by atoms with Gasteiger partial charge in [-0.2, -0.15) is 0 Å². The predicted molar refractivity (Wildman–Crippen MR) is 192 cm³/mol. The molecule has 0 radical (unpaired) electrons. The molecule has 0 spiro atoms. The Morgan fingerprint density at radius 3 is 2.15 bits per heavy atom. The number of nitrogens with zero attached hydrogens (tertiary/aromatic N) is 3. The van der Waals surface area contributed by atoms with Gasteiger partial charge in [0.1, 0.15) is 24.2 Å². The van der Waals surface area contributed by atoms with Crippen molar-refractivity contribution in [1.82, 2.24) is 46.4 Å². The van der Waals surface area contributed by atoms with Crippen LogP contribution in [0.5, 0.6) is 0 Å². The smallest absolute Gasteiger partial charge is 0.328 e. The Morgan fingerprint density at radius 2 is 1.51 bits per heavy atom. The fraction of sp³-hybridized carbons (Fsp3) is 0.514. The van der Waals surface area contributed by atoms with Gasteiger partial charge in [0, 0.05) is 37.8 Å². The molecule has 2 aromatic rings. The number of carbonyl (C=O) groups excluding carboxylic acids is 7. The van der Waals surface area contributed by atoms with Crippen molar-refractivity contribution in [3.05, 3.63) is 54.1 Å². The highest BCUT2D eigenvalue weighted by molar-refractivity contribution is 5.97. The standard InChI is InChI=1S/C35H48N10O10/c1-20(46)30(35(54)55)43-32(51)25-9-5-11-44(25)34(53)26-10-6-12-45(26)33(52)24(13-21-7-3-2-4-8-21)42-31(50)23(14-22-16-37-19-40-22)41-29(49)18-39-28(48)17-38-27(47)15-36/h2-4,7-8,16,19-20,23-26,30,46H,5-6,9-15,17-18,36H2,1H3,(H,37,40)(H,38,47)(H,39,48)(H,41,49)(H,42,50)(H,43,51)(H,54,55)/t20-,23+,24+,25+,26+,30+/m1/s1. The Balaban J connectivity index is 1.50. The molecule has 2 aliphatic heterocycles. The van der Waals surface area contributed by atoms with Gasteiger partial charge in [-0.25, -0.2) is 9.78 Å². The molecule has 2 saturated heterocycles. The Bertz CT molecular complexity index is 1690. The molecule has 0 saturated carbocycles. The molecule has 298 valence electrons. The molecule has 4 rings (SSSR count). The summed E-state index contributed by atoms with van der Waals surface area (Å²) >= 11 is 0. The molecule has 2 aliphatic rings. The van der Waals surface area contributed by atoms with Gasteiger partial charge >= 0.3 is 5.97 Å². The average Bonchev–Trinajstić information content (AvgIpc) is 3.97. The number of aromatic nitrogens is 2. The van der Waals surface area contributed by atoms with Crippen molar-refractivity contribution in [2.24, 2.45) is 5.73 Å². The van der Waals surface area contributed by atoms with Gasteiger partial charge < -0.3 is 57.3 Å². The van der Waals surface area contributed by atoms with Crippen LogP contribution in [0.15, 0.2) is 42.9 Å². The molecule has 2 fully saturated rings. The van der Waals surface area contributed by atoms with Crippen LogP contribution in [0.2, 0.25) is 0 Å². The van der Waals surface area contributed by atoms with Gasteiger partial charge in [-0.15, -0.1) is 0 Å². The van der Waals surface area contributed by atoms with E-state index in [-0.39, 0.29) is 45.3 Å². The zero-order chi connectivity index (χ0) is 40.1. The SMILES string of the molecule is C[C@@H](O)[C@H](NC(=O)[C@@H]1CCCN1C(=O)[C@@H]1CCCN1C(=O)[C@H](Cc1ccccc1)NC(=O)[C@H](Cc1cnc[nH]1)NC(=O)CNC(=O)CNC(=O)CN)C(=O)O. The number of imidazole rings is 1. The molecule has 6 atom stereocenters. The Labute approximate surface area is 316 Å². The van der Waals surface area contributed by atoms with Crippen LogP contribution in [-0.4, -0.2) is 146 Å². The second-order valence-corrected chi connectivity index (χ2v) is 13.4. The van der Waals surface area contributed by atoms with Crippen molar-refractivity contribution >= 4 is 47.3 Å². The maximum absolute atomic E-state index is 14.4. The van der Waals surface area contributed by atoms with Crippen molar-refractivity contribution in [3.63, 3.8) is 0 Å². The molecular weight excluding hydrogens is 720 g/mol. The summed E-state index contributed by atoms with van der Waals surface area (Å²) in [7, 11) is 0. The average molecular weight is 769 g/mol. The van der Waals surface area contributed by atoms with E-state index in [9.17, 15) is 48.6 Å². The molecule has 0 bridgehead atoms. The van der Waals surface area contributed by atoms with Gasteiger partial charge in [0.15, 0.2) is 6.04 Å². The van der Waals surface area contributed by atoms with E-state index in [0.29, 0.717) is 24.1 Å². The highest BCUT2D eigenvalue weighted by Crippen LogP contribution is 2.26. The third kappa shape index (κ3) is 11.8. The first kappa shape index (κ1) is 41.9. The summed E-state index contributed by atoms with van der Waals surface area (Å²) in [6.45, 7) is 0.352. The highest BCUT2D eigenvalue weighted by atomic mass is 16.4. The summed E-state index contributed by atoms with van der Waals surface area (Å²) in [5.41, 5.74) is 6.39. The van der Waals surface area contributed by atoms with Gasteiger partial charge in [0.05, 0.1) is 32.1 Å². The number of hydrogen-bond donors (Lipinski definition) is 9. The van der Waals surface area contributed by atoms with E-state index >= 15 is 0 Å². The van der Waals surface area contributed by atoms with Crippen molar-refractivity contribution in [2.45, 2.75) is 81.8 Å². The van der Waals surface area contributed by atoms with E-state index in [1.165, 1.54) is 29.2 Å².